The van der Waals surface area contributed by atoms with Crippen LogP contribution in [0.5, 0.6) is 0 Å². The highest BCUT2D eigenvalue weighted by Crippen LogP contribution is 2.59. The van der Waals surface area contributed by atoms with Gasteiger partial charge in [0.25, 0.3) is 0 Å². The fraction of sp³-hybridized carbons (Fsp3) is 1.00. The minimum Gasteiger partial charge on any atom is -0.0861 e. The van der Waals surface area contributed by atoms with Crippen molar-refractivity contribution in [2.45, 2.75) is 19.8 Å². The van der Waals surface area contributed by atoms with Crippen molar-refractivity contribution in [2.24, 2.45) is 23.7 Å². The van der Waals surface area contributed by atoms with E-state index in [4.69, 9.17) is 0 Å². The molecule has 2 saturated carbocycles. The van der Waals surface area contributed by atoms with Crippen LogP contribution in [0.25, 0.3) is 0 Å². The van der Waals surface area contributed by atoms with Crippen LogP contribution in [0, 0.1) is 23.7 Å². The highest BCUT2D eigenvalue weighted by Gasteiger charge is 2.52. The Labute approximate surface area is 70.5 Å². The van der Waals surface area contributed by atoms with Crippen LogP contribution in [-0.2, 0) is 0 Å². The summed E-state index contributed by atoms with van der Waals surface area (Å²) >= 11 is 2.53. The SMILES string of the molecule is CC1C2CC(CI)CC12. The molecule has 1 heteroatoms. The van der Waals surface area contributed by atoms with Crippen LogP contribution in [0.4, 0.5) is 0 Å². The minimum absolute atomic E-state index is 1.09. The minimum atomic E-state index is 1.09. The zero-order chi connectivity index (χ0) is 6.43. The molecular weight excluding hydrogens is 223 g/mol. The van der Waals surface area contributed by atoms with Gasteiger partial charge in [0.15, 0.2) is 0 Å². The van der Waals surface area contributed by atoms with E-state index in [1.54, 1.807) is 12.8 Å². The van der Waals surface area contributed by atoms with E-state index in [0.29, 0.717) is 0 Å². The second-order valence-corrected chi connectivity index (χ2v) is 4.56. The zero-order valence-electron chi connectivity index (χ0n) is 5.81. The van der Waals surface area contributed by atoms with Crippen molar-refractivity contribution in [3.8, 4) is 0 Å². The number of hydrogen-bond donors (Lipinski definition) is 0. The van der Waals surface area contributed by atoms with E-state index < -0.39 is 0 Å². The summed E-state index contributed by atoms with van der Waals surface area (Å²) in [5.41, 5.74) is 0. The number of halogens is 1. The van der Waals surface area contributed by atoms with E-state index in [-0.39, 0.29) is 0 Å². The zero-order valence-corrected chi connectivity index (χ0v) is 7.97. The normalized spacial score (nSPS) is 55.3. The molecule has 0 heterocycles. The number of alkyl halides is 1. The summed E-state index contributed by atoms with van der Waals surface area (Å²) in [6.07, 6.45) is 3.10. The third-order valence-corrected chi connectivity index (χ3v) is 4.43. The van der Waals surface area contributed by atoms with E-state index in [9.17, 15) is 0 Å². The molecule has 0 nitrogen and oxygen atoms in total. The van der Waals surface area contributed by atoms with Crippen molar-refractivity contribution in [2.75, 3.05) is 4.43 Å². The molecule has 0 amide bonds. The van der Waals surface area contributed by atoms with Crippen molar-refractivity contribution < 1.29 is 0 Å². The first-order chi connectivity index (χ1) is 4.33. The van der Waals surface area contributed by atoms with Crippen LogP contribution in [-0.4, -0.2) is 4.43 Å². The van der Waals surface area contributed by atoms with Crippen molar-refractivity contribution in [1.82, 2.24) is 0 Å². The molecule has 2 rings (SSSR count). The van der Waals surface area contributed by atoms with Crippen LogP contribution in [0.3, 0.4) is 0 Å². The first-order valence-electron chi connectivity index (χ1n) is 3.89. The predicted octanol–water partition coefficient (Wildman–Crippen LogP) is 2.71. The molecule has 0 aromatic heterocycles. The van der Waals surface area contributed by atoms with Crippen LogP contribution >= 0.6 is 22.6 Å². The lowest BCUT2D eigenvalue weighted by Crippen LogP contribution is -1.99. The van der Waals surface area contributed by atoms with Crippen LogP contribution in [0.15, 0.2) is 0 Å². The summed E-state index contributed by atoms with van der Waals surface area (Å²) in [5.74, 6) is 4.51. The summed E-state index contributed by atoms with van der Waals surface area (Å²) in [6.45, 7) is 2.42. The Balaban J connectivity index is 1.89. The van der Waals surface area contributed by atoms with Crippen LogP contribution in [0.2, 0.25) is 0 Å². The second-order valence-electron chi connectivity index (χ2n) is 3.68. The van der Waals surface area contributed by atoms with Gasteiger partial charge in [-0.2, -0.15) is 0 Å². The van der Waals surface area contributed by atoms with Gasteiger partial charge < -0.3 is 0 Å². The van der Waals surface area contributed by atoms with Gasteiger partial charge in [0.1, 0.15) is 0 Å². The molecule has 2 fully saturated rings. The van der Waals surface area contributed by atoms with Crippen molar-refractivity contribution in [1.29, 1.82) is 0 Å². The summed E-state index contributed by atoms with van der Waals surface area (Å²) in [6, 6.07) is 0. The fourth-order valence-electron chi connectivity index (χ4n) is 2.41. The van der Waals surface area contributed by atoms with Gasteiger partial charge in [0, 0.05) is 4.43 Å². The molecule has 0 radical (unpaired) electrons. The molecule has 0 N–H and O–H groups in total. The first-order valence-corrected chi connectivity index (χ1v) is 5.41. The molecule has 0 aromatic rings. The third kappa shape index (κ3) is 0.920. The van der Waals surface area contributed by atoms with Gasteiger partial charge in [0.05, 0.1) is 0 Å². The average molecular weight is 236 g/mol. The Morgan fingerprint density at radius 2 is 1.89 bits per heavy atom. The quantitative estimate of drug-likeness (QED) is 0.485. The molecule has 0 aliphatic heterocycles. The molecular formula is C8H13I. The van der Waals surface area contributed by atoms with Crippen molar-refractivity contribution in [3.63, 3.8) is 0 Å². The standard InChI is InChI=1S/C8H13I/c1-5-7-2-6(4-9)3-8(5)7/h5-8H,2-4H2,1H3. The molecule has 2 unspecified atom stereocenters. The molecule has 0 spiro atoms. The molecule has 2 aliphatic rings. The Bertz CT molecular complexity index is 110. The Hall–Kier alpha value is 0.730. The van der Waals surface area contributed by atoms with Gasteiger partial charge in [-0.3, -0.25) is 0 Å². The smallest absolute Gasteiger partial charge is 0.00239 e. The Morgan fingerprint density at radius 1 is 1.33 bits per heavy atom. The molecule has 9 heavy (non-hydrogen) atoms. The van der Waals surface area contributed by atoms with E-state index in [2.05, 4.69) is 29.5 Å². The lowest BCUT2D eigenvalue weighted by Gasteiger charge is -2.06. The maximum absolute atomic E-state index is 2.53. The molecule has 52 valence electrons. The van der Waals surface area contributed by atoms with Crippen LogP contribution in [0.1, 0.15) is 19.8 Å². The average Bonchev–Trinajstić information content (AvgIpc) is 2.32. The summed E-state index contributed by atoms with van der Waals surface area (Å²) < 4.78 is 1.40. The van der Waals surface area contributed by atoms with Gasteiger partial charge in [-0.1, -0.05) is 29.5 Å². The van der Waals surface area contributed by atoms with Gasteiger partial charge in [-0.05, 0) is 36.5 Å². The van der Waals surface area contributed by atoms with Gasteiger partial charge >= 0.3 is 0 Å². The second kappa shape index (κ2) is 2.11. The van der Waals surface area contributed by atoms with Gasteiger partial charge in [-0.15, -0.1) is 0 Å². The topological polar surface area (TPSA) is 0 Å². The van der Waals surface area contributed by atoms with Crippen molar-refractivity contribution in [3.05, 3.63) is 0 Å². The molecule has 0 saturated heterocycles. The van der Waals surface area contributed by atoms with E-state index in [0.717, 1.165) is 23.7 Å². The van der Waals surface area contributed by atoms with Gasteiger partial charge in [0.2, 0.25) is 0 Å². The number of rotatable bonds is 1. The fourth-order valence-corrected chi connectivity index (χ4v) is 3.13. The van der Waals surface area contributed by atoms with E-state index >= 15 is 0 Å². The van der Waals surface area contributed by atoms with Gasteiger partial charge in [-0.25, -0.2) is 0 Å². The highest BCUT2D eigenvalue weighted by atomic mass is 127. The Kier molecular flexibility index (Phi) is 1.51. The lowest BCUT2D eigenvalue weighted by molar-refractivity contribution is 0.500. The number of fused-ring (bicyclic) bond motifs is 1. The predicted molar refractivity (Wildman–Crippen MR) is 47.8 cm³/mol. The van der Waals surface area contributed by atoms with Crippen LogP contribution < -0.4 is 0 Å². The van der Waals surface area contributed by atoms with E-state index in [1.165, 1.54) is 4.43 Å². The maximum Gasteiger partial charge on any atom is 0.00239 e. The first kappa shape index (κ1) is 6.44. The largest absolute Gasteiger partial charge is 0.0861 e. The summed E-state index contributed by atoms with van der Waals surface area (Å²) in [5, 5.41) is 0. The van der Waals surface area contributed by atoms with Crippen molar-refractivity contribution >= 4 is 22.6 Å². The third-order valence-electron chi connectivity index (χ3n) is 3.19. The molecule has 2 atom stereocenters. The van der Waals surface area contributed by atoms with E-state index in [1.807, 2.05) is 0 Å². The Morgan fingerprint density at radius 3 is 2.33 bits per heavy atom. The highest BCUT2D eigenvalue weighted by molar-refractivity contribution is 14.1. The lowest BCUT2D eigenvalue weighted by atomic mass is 10.0. The monoisotopic (exact) mass is 236 g/mol. The summed E-state index contributed by atoms with van der Waals surface area (Å²) in [4.78, 5) is 0. The number of hydrogen-bond acceptors (Lipinski definition) is 0. The molecule has 0 aromatic carbocycles. The summed E-state index contributed by atoms with van der Waals surface area (Å²) in [7, 11) is 0. The molecule has 0 bridgehead atoms. The molecule has 2 aliphatic carbocycles. The maximum atomic E-state index is 2.53.